The van der Waals surface area contributed by atoms with Crippen molar-refractivity contribution in [3.05, 3.63) is 83.6 Å². The molecule has 0 atom stereocenters. The summed E-state index contributed by atoms with van der Waals surface area (Å²) in [6.07, 6.45) is 1.73. The van der Waals surface area contributed by atoms with Crippen molar-refractivity contribution < 1.29 is 4.79 Å². The Labute approximate surface area is 176 Å². The van der Waals surface area contributed by atoms with E-state index in [1.165, 1.54) is 23.1 Å². The van der Waals surface area contributed by atoms with E-state index in [1.54, 1.807) is 11.1 Å². The average molecular weight is 426 g/mol. The van der Waals surface area contributed by atoms with Crippen LogP contribution < -0.4 is 4.90 Å². The molecule has 2 aromatic carbocycles. The maximum atomic E-state index is 13.1. The summed E-state index contributed by atoms with van der Waals surface area (Å²) in [6.45, 7) is 0.378. The van der Waals surface area contributed by atoms with Gasteiger partial charge in [-0.25, -0.2) is 4.98 Å². The van der Waals surface area contributed by atoms with Crippen molar-refractivity contribution in [1.29, 1.82) is 0 Å². The van der Waals surface area contributed by atoms with Gasteiger partial charge in [0.15, 0.2) is 5.13 Å². The van der Waals surface area contributed by atoms with E-state index in [-0.39, 0.29) is 5.91 Å². The number of halogens is 1. The van der Waals surface area contributed by atoms with Gasteiger partial charge in [0.05, 0.1) is 28.2 Å². The van der Waals surface area contributed by atoms with E-state index in [4.69, 9.17) is 11.6 Å². The van der Waals surface area contributed by atoms with Crippen LogP contribution in [0.2, 0.25) is 5.02 Å². The quantitative estimate of drug-likeness (QED) is 0.373. The number of hydrogen-bond acceptors (Lipinski definition) is 5. The molecule has 0 saturated carbocycles. The highest BCUT2D eigenvalue weighted by atomic mass is 35.5. The van der Waals surface area contributed by atoms with E-state index in [9.17, 15) is 4.79 Å². The van der Waals surface area contributed by atoms with Crippen LogP contribution in [0.3, 0.4) is 0 Å². The highest BCUT2D eigenvalue weighted by Crippen LogP contribution is 2.32. The molecular weight excluding hydrogens is 410 g/mol. The predicted octanol–water partition coefficient (Wildman–Crippen LogP) is 5.67. The van der Waals surface area contributed by atoms with Gasteiger partial charge in [0.2, 0.25) is 5.91 Å². The van der Waals surface area contributed by atoms with E-state index in [2.05, 4.69) is 9.97 Å². The molecule has 1 amide bonds. The van der Waals surface area contributed by atoms with Gasteiger partial charge in [0.1, 0.15) is 0 Å². The number of nitrogens with zero attached hydrogens (tertiary/aromatic N) is 3. The first-order chi connectivity index (χ1) is 13.7. The normalized spacial score (nSPS) is 10.9. The van der Waals surface area contributed by atoms with Crippen LogP contribution in [-0.2, 0) is 11.3 Å². The molecule has 4 rings (SSSR count). The fraction of sp³-hybridized carbons (Fsp3) is 0.0952. The van der Waals surface area contributed by atoms with E-state index in [0.717, 1.165) is 20.8 Å². The Morgan fingerprint density at radius 2 is 1.89 bits per heavy atom. The van der Waals surface area contributed by atoms with Crippen LogP contribution in [0.15, 0.2) is 77.8 Å². The molecule has 2 aromatic heterocycles. The van der Waals surface area contributed by atoms with Gasteiger partial charge in [0.25, 0.3) is 0 Å². The molecule has 0 aliphatic heterocycles. The second-order valence-corrected chi connectivity index (χ2v) is 8.51. The minimum atomic E-state index is -0.00957. The maximum absolute atomic E-state index is 13.1. The number of fused-ring (bicyclic) bond motifs is 1. The van der Waals surface area contributed by atoms with E-state index in [1.807, 2.05) is 66.7 Å². The Bertz CT molecular complexity index is 1090. The summed E-state index contributed by atoms with van der Waals surface area (Å²) in [5.41, 5.74) is 1.65. The lowest BCUT2D eigenvalue weighted by molar-refractivity contribution is -0.116. The summed E-state index contributed by atoms with van der Waals surface area (Å²) < 4.78 is 0.956. The first kappa shape index (κ1) is 18.9. The van der Waals surface area contributed by atoms with Gasteiger partial charge in [0, 0.05) is 16.1 Å². The first-order valence-electron chi connectivity index (χ1n) is 8.63. The van der Waals surface area contributed by atoms with Gasteiger partial charge in [-0.2, -0.15) is 0 Å². The Hall–Kier alpha value is -2.41. The molecule has 4 nitrogen and oxygen atoms in total. The molecule has 0 N–H and O–H groups in total. The Morgan fingerprint density at radius 1 is 1.07 bits per heavy atom. The molecule has 0 spiro atoms. The average Bonchev–Trinajstić information content (AvgIpc) is 3.14. The molecule has 2 heterocycles. The maximum Gasteiger partial charge on any atom is 0.239 e. The predicted molar refractivity (Wildman–Crippen MR) is 117 cm³/mol. The standard InChI is InChI=1S/C21H16ClN3OS2/c22-15-9-10-18-19(12-15)28-21(24-18)25(13-16-6-4-5-11-23-16)20(26)14-27-17-7-2-1-3-8-17/h1-12H,13-14H2. The Balaban J connectivity index is 1.61. The first-order valence-corrected chi connectivity index (χ1v) is 10.8. The lowest BCUT2D eigenvalue weighted by Gasteiger charge is -2.19. The molecule has 4 aromatic rings. The molecule has 0 unspecified atom stereocenters. The molecule has 0 aliphatic carbocycles. The molecule has 0 radical (unpaired) electrons. The number of thiazole rings is 1. The second-order valence-electron chi connectivity index (χ2n) is 6.01. The number of hydrogen-bond donors (Lipinski definition) is 0. The topological polar surface area (TPSA) is 46.1 Å². The number of thioether (sulfide) groups is 1. The summed E-state index contributed by atoms with van der Waals surface area (Å²) in [4.78, 5) is 24.9. The van der Waals surface area contributed by atoms with Crippen LogP contribution in [0.1, 0.15) is 5.69 Å². The van der Waals surface area contributed by atoms with Gasteiger partial charge in [-0.3, -0.25) is 14.7 Å². The summed E-state index contributed by atoms with van der Waals surface area (Å²) in [7, 11) is 0. The van der Waals surface area contributed by atoms with E-state index >= 15 is 0 Å². The molecule has 7 heteroatoms. The third kappa shape index (κ3) is 4.52. The van der Waals surface area contributed by atoms with Crippen LogP contribution in [0.5, 0.6) is 0 Å². The molecule has 140 valence electrons. The van der Waals surface area contributed by atoms with Gasteiger partial charge in [-0.1, -0.05) is 47.2 Å². The van der Waals surface area contributed by atoms with Crippen LogP contribution in [0.25, 0.3) is 10.2 Å². The number of anilines is 1. The van der Waals surface area contributed by atoms with Crippen molar-refractivity contribution in [3.8, 4) is 0 Å². The van der Waals surface area contributed by atoms with E-state index < -0.39 is 0 Å². The number of pyridine rings is 1. The molecule has 0 fully saturated rings. The van der Waals surface area contributed by atoms with Crippen molar-refractivity contribution in [3.63, 3.8) is 0 Å². The third-order valence-electron chi connectivity index (χ3n) is 4.02. The number of benzene rings is 2. The molecule has 28 heavy (non-hydrogen) atoms. The number of aromatic nitrogens is 2. The van der Waals surface area contributed by atoms with Crippen molar-refractivity contribution >= 4 is 56.0 Å². The van der Waals surface area contributed by atoms with E-state index in [0.29, 0.717) is 22.5 Å². The number of carbonyl (C=O) groups excluding carboxylic acids is 1. The lowest BCUT2D eigenvalue weighted by Crippen LogP contribution is -2.32. The largest absolute Gasteiger partial charge is 0.281 e. The second kappa shape index (κ2) is 8.73. The SMILES string of the molecule is O=C(CSc1ccccc1)N(Cc1ccccn1)c1nc2ccc(Cl)cc2s1. The molecule has 0 saturated heterocycles. The third-order valence-corrected chi connectivity index (χ3v) is 6.30. The van der Waals surface area contributed by atoms with Crippen molar-refractivity contribution in [2.24, 2.45) is 0 Å². The summed E-state index contributed by atoms with van der Waals surface area (Å²) in [5.74, 6) is 0.317. The lowest BCUT2D eigenvalue weighted by atomic mass is 10.3. The van der Waals surface area contributed by atoms with Crippen LogP contribution >= 0.6 is 34.7 Å². The Kier molecular flexibility index (Phi) is 5.90. The fourth-order valence-corrected chi connectivity index (χ4v) is 4.71. The smallest absolute Gasteiger partial charge is 0.239 e. The zero-order chi connectivity index (χ0) is 19.3. The van der Waals surface area contributed by atoms with Crippen LogP contribution in [-0.4, -0.2) is 21.6 Å². The molecule has 0 bridgehead atoms. The highest BCUT2D eigenvalue weighted by Gasteiger charge is 2.21. The Morgan fingerprint density at radius 3 is 2.68 bits per heavy atom. The van der Waals surface area contributed by atoms with Gasteiger partial charge >= 0.3 is 0 Å². The van der Waals surface area contributed by atoms with Crippen LogP contribution in [0, 0.1) is 0 Å². The van der Waals surface area contributed by atoms with Gasteiger partial charge in [-0.15, -0.1) is 11.8 Å². The summed E-state index contributed by atoms with van der Waals surface area (Å²) in [5, 5.41) is 1.31. The van der Waals surface area contributed by atoms with Crippen molar-refractivity contribution in [2.75, 3.05) is 10.7 Å². The highest BCUT2D eigenvalue weighted by molar-refractivity contribution is 8.00. The number of amides is 1. The fourth-order valence-electron chi connectivity index (χ4n) is 2.66. The molecule has 0 aliphatic rings. The van der Waals surface area contributed by atoms with Crippen LogP contribution in [0.4, 0.5) is 5.13 Å². The van der Waals surface area contributed by atoms with Gasteiger partial charge in [-0.05, 0) is 42.5 Å². The monoisotopic (exact) mass is 425 g/mol. The summed E-state index contributed by atoms with van der Waals surface area (Å²) in [6, 6.07) is 21.2. The number of rotatable bonds is 6. The minimum Gasteiger partial charge on any atom is -0.281 e. The zero-order valence-electron chi connectivity index (χ0n) is 14.8. The van der Waals surface area contributed by atoms with Gasteiger partial charge < -0.3 is 0 Å². The number of carbonyl (C=O) groups is 1. The van der Waals surface area contributed by atoms with Crippen molar-refractivity contribution in [1.82, 2.24) is 9.97 Å². The minimum absolute atomic E-state index is 0.00957. The van der Waals surface area contributed by atoms with Crippen molar-refractivity contribution in [2.45, 2.75) is 11.4 Å². The zero-order valence-corrected chi connectivity index (χ0v) is 17.2. The molecular formula is C21H16ClN3OS2. The summed E-state index contributed by atoms with van der Waals surface area (Å²) >= 11 is 9.08.